The fourth-order valence-electron chi connectivity index (χ4n) is 1.65. The van der Waals surface area contributed by atoms with E-state index in [1.54, 1.807) is 11.3 Å². The van der Waals surface area contributed by atoms with Crippen molar-refractivity contribution < 1.29 is 4.74 Å². The van der Waals surface area contributed by atoms with Gasteiger partial charge in [-0.25, -0.2) is 4.98 Å². The Balaban J connectivity index is 2.70. The highest BCUT2D eigenvalue weighted by Gasteiger charge is 2.25. The summed E-state index contributed by atoms with van der Waals surface area (Å²) in [5, 5.41) is 6.63. The lowest BCUT2D eigenvalue weighted by Gasteiger charge is -2.21. The van der Waals surface area contributed by atoms with Crippen LogP contribution in [0.15, 0.2) is 5.38 Å². The zero-order valence-corrected chi connectivity index (χ0v) is 12.4. The monoisotopic (exact) mass is 256 g/mol. The highest BCUT2D eigenvalue weighted by atomic mass is 32.1. The second kappa shape index (κ2) is 6.47. The second-order valence-electron chi connectivity index (χ2n) is 4.70. The van der Waals surface area contributed by atoms with Crippen LogP contribution in [-0.2, 0) is 10.3 Å². The van der Waals surface area contributed by atoms with Gasteiger partial charge < -0.3 is 10.1 Å². The SMILES string of the molecule is CCCNC(C)c1csc(C(C)(C)OCC)n1. The van der Waals surface area contributed by atoms with E-state index in [0.29, 0.717) is 12.6 Å². The summed E-state index contributed by atoms with van der Waals surface area (Å²) in [6, 6.07) is 0.317. The van der Waals surface area contributed by atoms with Gasteiger partial charge in [0.2, 0.25) is 0 Å². The quantitative estimate of drug-likeness (QED) is 0.811. The summed E-state index contributed by atoms with van der Waals surface area (Å²) in [6.45, 7) is 12.2. The molecule has 0 aromatic carbocycles. The summed E-state index contributed by atoms with van der Waals surface area (Å²) in [6.07, 6.45) is 1.14. The van der Waals surface area contributed by atoms with Gasteiger partial charge in [0.15, 0.2) is 0 Å². The Kier molecular flexibility index (Phi) is 5.56. The Morgan fingerprint density at radius 3 is 2.76 bits per heavy atom. The first-order chi connectivity index (χ1) is 8.01. The first-order valence-electron chi connectivity index (χ1n) is 6.34. The highest BCUT2D eigenvalue weighted by molar-refractivity contribution is 7.09. The Morgan fingerprint density at radius 2 is 2.18 bits per heavy atom. The van der Waals surface area contributed by atoms with E-state index in [1.165, 1.54) is 0 Å². The van der Waals surface area contributed by atoms with E-state index in [4.69, 9.17) is 4.74 Å². The van der Waals surface area contributed by atoms with Crippen molar-refractivity contribution in [2.45, 2.75) is 52.7 Å². The fraction of sp³-hybridized carbons (Fsp3) is 0.769. The van der Waals surface area contributed by atoms with Crippen LogP contribution in [0.25, 0.3) is 0 Å². The molecule has 1 N–H and O–H groups in total. The van der Waals surface area contributed by atoms with Gasteiger partial charge in [-0.15, -0.1) is 11.3 Å². The van der Waals surface area contributed by atoms with Crippen LogP contribution < -0.4 is 5.32 Å². The molecule has 0 radical (unpaired) electrons. The number of aromatic nitrogens is 1. The summed E-state index contributed by atoms with van der Waals surface area (Å²) in [5.41, 5.74) is 0.841. The van der Waals surface area contributed by atoms with Gasteiger partial charge in [-0.1, -0.05) is 6.92 Å². The number of nitrogens with one attached hydrogen (secondary N) is 1. The lowest BCUT2D eigenvalue weighted by atomic mass is 10.1. The van der Waals surface area contributed by atoms with Crippen LogP contribution in [-0.4, -0.2) is 18.1 Å². The standard InChI is InChI=1S/C13H24N2OS/c1-6-8-14-10(3)11-9-17-12(15-11)13(4,5)16-7-2/h9-10,14H,6-8H2,1-5H3. The van der Waals surface area contributed by atoms with Crippen LogP contribution in [0.1, 0.15) is 57.8 Å². The number of nitrogens with zero attached hydrogens (tertiary/aromatic N) is 1. The molecule has 1 aromatic heterocycles. The molecule has 4 heteroatoms. The van der Waals surface area contributed by atoms with Crippen molar-refractivity contribution in [2.75, 3.05) is 13.2 Å². The lowest BCUT2D eigenvalue weighted by molar-refractivity contribution is -0.0142. The van der Waals surface area contributed by atoms with Crippen LogP contribution in [0.3, 0.4) is 0 Å². The van der Waals surface area contributed by atoms with Gasteiger partial charge in [-0.05, 0) is 40.7 Å². The minimum atomic E-state index is -0.276. The number of hydrogen-bond acceptors (Lipinski definition) is 4. The predicted molar refractivity (Wildman–Crippen MR) is 73.5 cm³/mol. The van der Waals surface area contributed by atoms with E-state index in [2.05, 4.69) is 43.4 Å². The molecular weight excluding hydrogens is 232 g/mol. The van der Waals surface area contributed by atoms with Crippen LogP contribution in [0.4, 0.5) is 0 Å². The Bertz CT molecular complexity index is 336. The molecule has 1 unspecified atom stereocenters. The summed E-state index contributed by atoms with van der Waals surface area (Å²) in [5.74, 6) is 0. The van der Waals surface area contributed by atoms with Gasteiger partial charge in [0.25, 0.3) is 0 Å². The van der Waals surface area contributed by atoms with Crippen molar-refractivity contribution in [1.29, 1.82) is 0 Å². The zero-order chi connectivity index (χ0) is 12.9. The first kappa shape index (κ1) is 14.6. The minimum absolute atomic E-state index is 0.276. The van der Waals surface area contributed by atoms with Crippen molar-refractivity contribution in [3.05, 3.63) is 16.1 Å². The predicted octanol–water partition coefficient (Wildman–Crippen LogP) is 3.48. The highest BCUT2D eigenvalue weighted by Crippen LogP contribution is 2.29. The average molecular weight is 256 g/mol. The minimum Gasteiger partial charge on any atom is -0.369 e. The maximum Gasteiger partial charge on any atom is 0.124 e. The molecule has 1 heterocycles. The van der Waals surface area contributed by atoms with Gasteiger partial charge >= 0.3 is 0 Å². The summed E-state index contributed by atoms with van der Waals surface area (Å²) in [4.78, 5) is 4.68. The molecule has 0 aliphatic rings. The molecule has 0 fully saturated rings. The largest absolute Gasteiger partial charge is 0.369 e. The molecule has 17 heavy (non-hydrogen) atoms. The van der Waals surface area contributed by atoms with E-state index in [0.717, 1.165) is 23.7 Å². The third-order valence-corrected chi connectivity index (χ3v) is 3.85. The first-order valence-corrected chi connectivity index (χ1v) is 7.22. The van der Waals surface area contributed by atoms with Gasteiger partial charge in [0.05, 0.1) is 5.69 Å². The van der Waals surface area contributed by atoms with Crippen molar-refractivity contribution >= 4 is 11.3 Å². The van der Waals surface area contributed by atoms with E-state index in [1.807, 2.05) is 6.92 Å². The molecule has 3 nitrogen and oxygen atoms in total. The number of rotatable bonds is 7. The van der Waals surface area contributed by atoms with Gasteiger partial charge in [-0.3, -0.25) is 0 Å². The van der Waals surface area contributed by atoms with E-state index in [9.17, 15) is 0 Å². The van der Waals surface area contributed by atoms with E-state index in [-0.39, 0.29) is 5.60 Å². The Hall–Kier alpha value is -0.450. The molecular formula is C13H24N2OS. The van der Waals surface area contributed by atoms with Crippen molar-refractivity contribution in [3.63, 3.8) is 0 Å². The smallest absolute Gasteiger partial charge is 0.124 e. The number of hydrogen-bond donors (Lipinski definition) is 1. The summed E-state index contributed by atoms with van der Waals surface area (Å²) < 4.78 is 5.72. The summed E-state index contributed by atoms with van der Waals surface area (Å²) >= 11 is 1.68. The maximum absolute atomic E-state index is 5.72. The molecule has 98 valence electrons. The molecule has 0 saturated heterocycles. The number of thiazole rings is 1. The average Bonchev–Trinajstić information content (AvgIpc) is 2.75. The number of ether oxygens (including phenoxy) is 1. The lowest BCUT2D eigenvalue weighted by Crippen LogP contribution is -2.23. The van der Waals surface area contributed by atoms with Gasteiger partial charge in [0.1, 0.15) is 10.6 Å². The van der Waals surface area contributed by atoms with Crippen LogP contribution >= 0.6 is 11.3 Å². The fourth-order valence-corrected chi connectivity index (χ4v) is 2.64. The third-order valence-electron chi connectivity index (χ3n) is 2.69. The van der Waals surface area contributed by atoms with Crippen LogP contribution in [0.5, 0.6) is 0 Å². The molecule has 0 aliphatic heterocycles. The second-order valence-corrected chi connectivity index (χ2v) is 5.55. The third kappa shape index (κ3) is 4.05. The van der Waals surface area contributed by atoms with Crippen LogP contribution in [0, 0.1) is 0 Å². The summed E-state index contributed by atoms with van der Waals surface area (Å²) in [7, 11) is 0. The molecule has 0 aliphatic carbocycles. The van der Waals surface area contributed by atoms with Crippen LogP contribution in [0.2, 0.25) is 0 Å². The van der Waals surface area contributed by atoms with Gasteiger partial charge in [0, 0.05) is 18.0 Å². The topological polar surface area (TPSA) is 34.1 Å². The molecule has 1 rings (SSSR count). The molecule has 0 amide bonds. The molecule has 0 saturated carbocycles. The van der Waals surface area contributed by atoms with Crippen molar-refractivity contribution in [1.82, 2.24) is 10.3 Å². The van der Waals surface area contributed by atoms with E-state index >= 15 is 0 Å². The zero-order valence-electron chi connectivity index (χ0n) is 11.5. The normalized spacial score (nSPS) is 13.9. The molecule has 1 atom stereocenters. The van der Waals surface area contributed by atoms with Gasteiger partial charge in [-0.2, -0.15) is 0 Å². The molecule has 0 bridgehead atoms. The van der Waals surface area contributed by atoms with E-state index < -0.39 is 0 Å². The Labute approximate surface area is 109 Å². The van der Waals surface area contributed by atoms with Crippen molar-refractivity contribution in [3.8, 4) is 0 Å². The molecule has 1 aromatic rings. The Morgan fingerprint density at radius 1 is 1.47 bits per heavy atom. The molecule has 0 spiro atoms. The van der Waals surface area contributed by atoms with Crippen molar-refractivity contribution in [2.24, 2.45) is 0 Å². The maximum atomic E-state index is 5.72.